The summed E-state index contributed by atoms with van der Waals surface area (Å²) in [5.74, 6) is -1.34. The molecular weight excluding hydrogens is 679 g/mol. The number of anilines is 1. The maximum atomic E-state index is 14.6. The predicted octanol–water partition coefficient (Wildman–Crippen LogP) is 6.24. The molecule has 2 N–H and O–H groups in total. The first-order chi connectivity index (χ1) is 24.8. The Labute approximate surface area is 306 Å². The van der Waals surface area contributed by atoms with Crippen LogP contribution in [0.1, 0.15) is 96.6 Å². The number of sulfonamides is 1. The second-order valence-corrected chi connectivity index (χ2v) is 18.2. The zero-order valence-electron chi connectivity index (χ0n) is 30.6. The SMILES string of the molecule is Cc1ccc2nc(O[C@@H]3C[C@H]4C(=O)C[C@]5(C(=O)NS(=O)(=O)C6(C)CC6)C[C@H]5/C=C\CCCCC[C@H](Nc5ccccc5)C(=O)N4C3)n(C(C)C)c2c1. The molecule has 4 aliphatic rings. The van der Waals surface area contributed by atoms with Crippen molar-refractivity contribution in [2.45, 2.75) is 121 Å². The molecule has 0 unspecified atom stereocenters. The van der Waals surface area contributed by atoms with Gasteiger partial charge in [0, 0.05) is 24.6 Å². The summed E-state index contributed by atoms with van der Waals surface area (Å²) in [6.45, 7) is 7.99. The zero-order valence-corrected chi connectivity index (χ0v) is 31.5. The van der Waals surface area contributed by atoms with E-state index in [2.05, 4.69) is 36.0 Å². The molecule has 2 aliphatic carbocycles. The number of ketones is 1. The Morgan fingerprint density at radius 2 is 1.83 bits per heavy atom. The fourth-order valence-electron chi connectivity index (χ4n) is 7.94. The van der Waals surface area contributed by atoms with Gasteiger partial charge < -0.3 is 15.0 Å². The van der Waals surface area contributed by atoms with E-state index >= 15 is 0 Å². The standard InChI is InChI=1S/C40H51N5O6S/c1-26(2)45-33-21-27(3)17-18-31(33)42-38(45)51-30-22-34-35(46)24-40(37(48)43-52(49,50)39(4)19-20-39)23-28(40)13-9-6-5-7-12-16-32(36(47)44(34)25-30)41-29-14-10-8-11-15-29/h8-11,13-15,17-18,21,26,28,30,32,34,41H,5-7,12,16,19-20,22-25H2,1-4H3,(H,43,48)/b13-9-/t28-,30-,32+,34+,40-/m1/s1. The van der Waals surface area contributed by atoms with Gasteiger partial charge in [0.25, 0.3) is 6.01 Å². The number of para-hydroxylation sites is 1. The van der Waals surface area contributed by atoms with Crippen molar-refractivity contribution < 1.29 is 27.5 Å². The summed E-state index contributed by atoms with van der Waals surface area (Å²) in [5, 5.41) is 3.45. The van der Waals surface area contributed by atoms with Crippen molar-refractivity contribution in [2.24, 2.45) is 11.3 Å². The summed E-state index contributed by atoms with van der Waals surface area (Å²) < 4.78 is 36.4. The number of aromatic nitrogens is 2. The molecule has 52 heavy (non-hydrogen) atoms. The highest BCUT2D eigenvalue weighted by atomic mass is 32.2. The number of nitrogens with zero attached hydrogens (tertiary/aromatic N) is 3. The van der Waals surface area contributed by atoms with Gasteiger partial charge in [-0.15, -0.1) is 0 Å². The smallest absolute Gasteiger partial charge is 0.297 e. The van der Waals surface area contributed by atoms with E-state index in [1.165, 1.54) is 0 Å². The van der Waals surface area contributed by atoms with Crippen LogP contribution in [0.25, 0.3) is 11.0 Å². The molecular formula is C40H51N5O6S. The second-order valence-electron chi connectivity index (χ2n) is 16.0. The number of rotatable bonds is 8. The van der Waals surface area contributed by atoms with Gasteiger partial charge in [0.2, 0.25) is 21.8 Å². The average Bonchev–Trinajstić information content (AvgIpc) is 3.93. The summed E-state index contributed by atoms with van der Waals surface area (Å²) in [4.78, 5) is 49.6. The van der Waals surface area contributed by atoms with E-state index in [4.69, 9.17) is 9.72 Å². The predicted molar refractivity (Wildman–Crippen MR) is 200 cm³/mol. The minimum absolute atomic E-state index is 0.0452. The van der Waals surface area contributed by atoms with Crippen LogP contribution in [0.4, 0.5) is 5.69 Å². The molecule has 2 amide bonds. The Hall–Kier alpha value is -4.19. The molecule has 3 aromatic rings. The Bertz CT molecular complexity index is 1990. The van der Waals surface area contributed by atoms with E-state index in [1.54, 1.807) is 11.8 Å². The molecule has 2 saturated carbocycles. The van der Waals surface area contributed by atoms with Crippen LogP contribution in [0.15, 0.2) is 60.7 Å². The molecule has 2 aliphatic heterocycles. The van der Waals surface area contributed by atoms with E-state index < -0.39 is 44.3 Å². The van der Waals surface area contributed by atoms with E-state index in [1.807, 2.05) is 60.0 Å². The van der Waals surface area contributed by atoms with Gasteiger partial charge in [-0.05, 0) is 102 Å². The normalized spacial score (nSPS) is 28.4. The number of ether oxygens (including phenoxy) is 1. The minimum atomic E-state index is -3.90. The lowest BCUT2D eigenvalue weighted by atomic mass is 9.91. The van der Waals surface area contributed by atoms with E-state index in [0.29, 0.717) is 31.7 Å². The van der Waals surface area contributed by atoms with Crippen LogP contribution in [-0.2, 0) is 24.4 Å². The van der Waals surface area contributed by atoms with Crippen molar-refractivity contribution in [2.75, 3.05) is 11.9 Å². The number of nitrogens with one attached hydrogen (secondary N) is 2. The van der Waals surface area contributed by atoms with Crippen LogP contribution >= 0.6 is 0 Å². The Morgan fingerprint density at radius 1 is 1.06 bits per heavy atom. The number of carbonyl (C=O) groups excluding carboxylic acids is 3. The third kappa shape index (κ3) is 7.10. The summed E-state index contributed by atoms with van der Waals surface area (Å²) >= 11 is 0. The highest BCUT2D eigenvalue weighted by molar-refractivity contribution is 7.91. The highest BCUT2D eigenvalue weighted by Crippen LogP contribution is 2.57. The summed E-state index contributed by atoms with van der Waals surface area (Å²) in [5.41, 5.74) is 2.49. The molecule has 3 fully saturated rings. The first-order valence-corrected chi connectivity index (χ1v) is 20.3. The number of hydrogen-bond acceptors (Lipinski definition) is 8. The number of amides is 2. The van der Waals surface area contributed by atoms with Gasteiger partial charge in [0.1, 0.15) is 12.1 Å². The van der Waals surface area contributed by atoms with Crippen LogP contribution in [0, 0.1) is 18.3 Å². The second kappa shape index (κ2) is 14.0. The topological polar surface area (TPSA) is 140 Å². The Kier molecular flexibility index (Phi) is 9.73. The monoisotopic (exact) mass is 729 g/mol. The lowest BCUT2D eigenvalue weighted by Gasteiger charge is -2.30. The van der Waals surface area contributed by atoms with Gasteiger partial charge in [0.15, 0.2) is 5.78 Å². The minimum Gasteiger partial charge on any atom is -0.459 e. The number of hydrogen-bond donors (Lipinski definition) is 2. The number of Topliss-reactive ketones (excluding diaryl/α,β-unsaturated/α-hetero) is 1. The summed E-state index contributed by atoms with van der Waals surface area (Å²) in [6, 6.07) is 14.7. The molecule has 278 valence electrons. The molecule has 5 atom stereocenters. The van der Waals surface area contributed by atoms with Crippen LogP contribution < -0.4 is 14.8 Å². The van der Waals surface area contributed by atoms with Crippen LogP contribution in [0.5, 0.6) is 6.01 Å². The zero-order chi connectivity index (χ0) is 36.8. The van der Waals surface area contributed by atoms with Gasteiger partial charge in [-0.1, -0.05) is 49.3 Å². The first kappa shape index (κ1) is 36.2. The van der Waals surface area contributed by atoms with Gasteiger partial charge in [-0.2, -0.15) is 4.98 Å². The maximum absolute atomic E-state index is 14.6. The molecule has 2 aromatic carbocycles. The third-order valence-corrected chi connectivity index (χ3v) is 13.7. The van der Waals surface area contributed by atoms with Crippen molar-refractivity contribution in [1.82, 2.24) is 19.2 Å². The Balaban J connectivity index is 1.21. The molecule has 1 aromatic heterocycles. The number of aryl methyl sites for hydroxylation is 1. The van der Waals surface area contributed by atoms with Gasteiger partial charge in [-0.25, -0.2) is 8.42 Å². The van der Waals surface area contributed by atoms with Gasteiger partial charge in [0.05, 0.1) is 33.8 Å². The fourth-order valence-corrected chi connectivity index (χ4v) is 9.27. The quantitative estimate of drug-likeness (QED) is 0.260. The lowest BCUT2D eigenvalue weighted by molar-refractivity contribution is -0.139. The average molecular weight is 730 g/mol. The number of imidazole rings is 1. The largest absolute Gasteiger partial charge is 0.459 e. The molecule has 11 nitrogen and oxygen atoms in total. The van der Waals surface area contributed by atoms with Gasteiger partial charge >= 0.3 is 0 Å². The van der Waals surface area contributed by atoms with Crippen LogP contribution in [-0.4, -0.2) is 69.9 Å². The fraction of sp³-hybridized carbons (Fsp3) is 0.550. The van der Waals surface area contributed by atoms with Crippen molar-refractivity contribution in [3.05, 3.63) is 66.2 Å². The van der Waals surface area contributed by atoms with Gasteiger partial charge in [-0.3, -0.25) is 23.7 Å². The van der Waals surface area contributed by atoms with Crippen molar-refractivity contribution >= 4 is 44.3 Å². The Morgan fingerprint density at radius 3 is 2.56 bits per heavy atom. The molecule has 3 heterocycles. The molecule has 7 rings (SSSR count). The van der Waals surface area contributed by atoms with Crippen LogP contribution in [0.2, 0.25) is 0 Å². The van der Waals surface area contributed by atoms with E-state index in [0.717, 1.165) is 48.0 Å². The van der Waals surface area contributed by atoms with Crippen molar-refractivity contribution in [3.8, 4) is 6.01 Å². The number of carbonyl (C=O) groups is 3. The molecule has 0 spiro atoms. The van der Waals surface area contributed by atoms with Crippen molar-refractivity contribution in [1.29, 1.82) is 0 Å². The number of benzene rings is 2. The van der Waals surface area contributed by atoms with E-state index in [9.17, 15) is 22.8 Å². The van der Waals surface area contributed by atoms with Crippen molar-refractivity contribution in [3.63, 3.8) is 0 Å². The summed E-state index contributed by atoms with van der Waals surface area (Å²) in [6.07, 6.45) is 8.99. The third-order valence-electron chi connectivity index (χ3n) is 11.6. The maximum Gasteiger partial charge on any atom is 0.297 e. The number of fused-ring (bicyclic) bond motifs is 3. The highest BCUT2D eigenvalue weighted by Gasteiger charge is 2.62. The van der Waals surface area contributed by atoms with E-state index in [-0.39, 0.29) is 43.0 Å². The van der Waals surface area contributed by atoms with Crippen LogP contribution in [0.3, 0.4) is 0 Å². The molecule has 1 saturated heterocycles. The lowest BCUT2D eigenvalue weighted by Crippen LogP contribution is -2.49. The summed E-state index contributed by atoms with van der Waals surface area (Å²) in [7, 11) is -3.90. The number of allylic oxidation sites excluding steroid dienone is 2. The molecule has 12 heteroatoms. The molecule has 0 bridgehead atoms. The molecule has 0 radical (unpaired) electrons. The first-order valence-electron chi connectivity index (χ1n) is 18.8.